The Morgan fingerprint density at radius 2 is 1.80 bits per heavy atom. The number of esters is 1. The van der Waals surface area contributed by atoms with Crippen LogP contribution in [0.25, 0.3) is 27.6 Å². The van der Waals surface area contributed by atoms with Crippen molar-refractivity contribution in [1.29, 1.82) is 0 Å². The maximum atomic E-state index is 14.8. The number of ether oxygens (including phenoxy) is 2. The molecule has 2 N–H and O–H groups in total. The van der Waals surface area contributed by atoms with Gasteiger partial charge in [0.25, 0.3) is 11.8 Å². The van der Waals surface area contributed by atoms with E-state index in [1.807, 2.05) is 39.1 Å². The summed E-state index contributed by atoms with van der Waals surface area (Å²) in [6, 6.07) is 11.9. The van der Waals surface area contributed by atoms with Crippen LogP contribution in [0.15, 0.2) is 53.2 Å². The number of cyclic esters (lactones) is 1. The third kappa shape index (κ3) is 9.04. The van der Waals surface area contributed by atoms with Crippen molar-refractivity contribution >= 4 is 52.3 Å². The second-order valence-electron chi connectivity index (χ2n) is 20.0. The van der Waals surface area contributed by atoms with Gasteiger partial charge in [-0.1, -0.05) is 63.9 Å². The van der Waals surface area contributed by atoms with Crippen LogP contribution < -0.4 is 10.7 Å². The lowest BCUT2D eigenvalue weighted by molar-refractivity contribution is -0.155. The molecule has 1 unspecified atom stereocenters. The highest BCUT2D eigenvalue weighted by molar-refractivity contribution is 5.98. The molecule has 3 fully saturated rings. The van der Waals surface area contributed by atoms with Crippen molar-refractivity contribution in [3.63, 3.8) is 0 Å². The molecule has 5 aliphatic rings. The highest BCUT2D eigenvalue weighted by Gasteiger charge is 2.54. The first-order chi connectivity index (χ1) is 31.5. The van der Waals surface area contributed by atoms with E-state index in [4.69, 9.17) is 14.5 Å². The van der Waals surface area contributed by atoms with Crippen LogP contribution in [-0.4, -0.2) is 119 Å². The fourth-order valence-electron chi connectivity index (χ4n) is 10.8. The number of hydrogen-bond acceptors (Lipinski definition) is 9. The molecule has 14 heteroatoms. The van der Waals surface area contributed by atoms with Crippen molar-refractivity contribution in [1.82, 2.24) is 30.1 Å². The molecular weight excluding hydrogens is 835 g/mol. The van der Waals surface area contributed by atoms with E-state index in [1.165, 1.54) is 5.01 Å². The third-order valence-electron chi connectivity index (χ3n) is 14.4. The van der Waals surface area contributed by atoms with Gasteiger partial charge in [0.1, 0.15) is 18.1 Å². The number of fused-ring (bicyclic) bond motifs is 6. The van der Waals surface area contributed by atoms with Gasteiger partial charge in [0, 0.05) is 80.6 Å². The SMILES string of the molecule is CC#CC(=O)N1CCC2(CCN([C@H](C(=O)N[C@H]3Cc4cccc(c4)-c4ccc5c(c4)c(c(C4=C([C@H](C)OC)N=CCC4)n5C)CC(C)(C)COC(=O)[C@@H]4CCCN(N4)C3=O)C(C)C)C2=O)C1. The summed E-state index contributed by atoms with van der Waals surface area (Å²) < 4.78 is 14.2. The van der Waals surface area contributed by atoms with Gasteiger partial charge in [-0.05, 0) is 105 Å². The topological polar surface area (TPSA) is 155 Å². The molecule has 1 aromatic heterocycles. The summed E-state index contributed by atoms with van der Waals surface area (Å²) in [4.78, 5) is 78.5. The van der Waals surface area contributed by atoms with Crippen LogP contribution in [0.4, 0.5) is 0 Å². The molecule has 4 amide bonds. The van der Waals surface area contributed by atoms with E-state index in [1.54, 1.807) is 23.8 Å². The maximum Gasteiger partial charge on any atom is 0.324 e. The van der Waals surface area contributed by atoms with E-state index in [9.17, 15) is 24.0 Å². The maximum absolute atomic E-state index is 14.8. The Kier molecular flexibility index (Phi) is 13.3. The lowest BCUT2D eigenvalue weighted by Crippen LogP contribution is -2.62. The lowest BCUT2D eigenvalue weighted by atomic mass is 9.83. The highest BCUT2D eigenvalue weighted by Crippen LogP contribution is 2.43. The number of rotatable bonds is 7. The van der Waals surface area contributed by atoms with E-state index < -0.39 is 40.8 Å². The van der Waals surface area contributed by atoms with E-state index in [2.05, 4.69) is 78.4 Å². The van der Waals surface area contributed by atoms with Crippen molar-refractivity contribution in [3.8, 4) is 23.0 Å². The van der Waals surface area contributed by atoms with Crippen LogP contribution in [0.5, 0.6) is 0 Å². The predicted octanol–water partition coefficient (Wildman–Crippen LogP) is 5.60. The number of nitrogens with one attached hydrogen (secondary N) is 2. The first-order valence-electron chi connectivity index (χ1n) is 23.6. The molecule has 5 atom stereocenters. The predicted molar refractivity (Wildman–Crippen MR) is 253 cm³/mol. The van der Waals surface area contributed by atoms with Gasteiger partial charge >= 0.3 is 5.97 Å². The molecule has 66 heavy (non-hydrogen) atoms. The number of aryl methyl sites for hydroxylation is 1. The van der Waals surface area contributed by atoms with Crippen molar-refractivity contribution in [3.05, 3.63) is 65.0 Å². The molecular formula is C52H65N7O7. The minimum Gasteiger partial charge on any atom is -0.464 e. The van der Waals surface area contributed by atoms with Crippen LogP contribution in [0.2, 0.25) is 0 Å². The number of hydrogen-bond donors (Lipinski definition) is 2. The average Bonchev–Trinajstić information content (AvgIpc) is 3.97. The number of amides is 4. The van der Waals surface area contributed by atoms with Gasteiger partial charge in [-0.2, -0.15) is 0 Å². The summed E-state index contributed by atoms with van der Waals surface area (Å²) in [6.45, 7) is 13.2. The van der Waals surface area contributed by atoms with Crippen LogP contribution in [0, 0.1) is 28.6 Å². The average molecular weight is 900 g/mol. The fraction of sp³-hybridized carbons (Fsp3) is 0.538. The summed E-state index contributed by atoms with van der Waals surface area (Å²) in [6.07, 6.45) is 6.24. The standard InChI is InChI=1S/C52H65N7O7/c1-9-13-43(60)57-24-20-52(30-57)21-25-58(50(52)64)45(32(2)3)47(61)54-41-27-34-14-10-15-35(26-34)36-18-19-42-38(28-36)39(46(56(42)7)37-16-11-22-53-44(37)33(4)65-8)29-51(5,6)31-66-49(63)40-17-12-23-59(55-40)48(41)62/h10,14-15,18-19,22,26,28,32-33,40-41,45,55H,11-12,16-17,20-21,23-25,27,29-31H2,1-8H3,(H,54,61)/t33-,40-,41-,45-,52?/m0/s1. The molecule has 0 saturated carbocycles. The second kappa shape index (κ2) is 18.8. The van der Waals surface area contributed by atoms with Crippen molar-refractivity contribution < 1.29 is 33.4 Å². The molecule has 8 rings (SSSR count). The van der Waals surface area contributed by atoms with Crippen LogP contribution in [0.1, 0.15) is 96.9 Å². The van der Waals surface area contributed by atoms with Gasteiger partial charge in [-0.25, -0.2) is 5.43 Å². The number of hydrazine groups is 1. The Balaban J connectivity index is 1.16. The van der Waals surface area contributed by atoms with Gasteiger partial charge in [0.15, 0.2) is 0 Å². The fourth-order valence-corrected chi connectivity index (χ4v) is 10.8. The largest absolute Gasteiger partial charge is 0.464 e. The van der Waals surface area contributed by atoms with E-state index in [0.717, 1.165) is 63.0 Å². The molecule has 6 heterocycles. The number of methoxy groups -OCH3 is 1. The Morgan fingerprint density at radius 3 is 2.56 bits per heavy atom. The van der Waals surface area contributed by atoms with Crippen molar-refractivity contribution in [2.75, 3.05) is 39.9 Å². The summed E-state index contributed by atoms with van der Waals surface area (Å²) in [7, 11) is 3.81. The van der Waals surface area contributed by atoms with Gasteiger partial charge < -0.3 is 29.2 Å². The van der Waals surface area contributed by atoms with E-state index in [0.29, 0.717) is 51.7 Å². The van der Waals surface area contributed by atoms with E-state index in [-0.39, 0.29) is 49.3 Å². The third-order valence-corrected chi connectivity index (χ3v) is 14.4. The summed E-state index contributed by atoms with van der Waals surface area (Å²) in [5.74, 6) is 3.28. The molecule has 0 radical (unpaired) electrons. The number of carbonyl (C=O) groups is 5. The van der Waals surface area contributed by atoms with Crippen LogP contribution >= 0.6 is 0 Å². The number of aromatic nitrogens is 1. The quantitative estimate of drug-likeness (QED) is 0.230. The Labute approximate surface area is 388 Å². The number of benzene rings is 2. The zero-order valence-electron chi connectivity index (χ0n) is 39.8. The minimum atomic E-state index is -1.03. The number of allylic oxidation sites excluding steroid dienone is 1. The number of carbonyl (C=O) groups excluding carboxylic acids is 5. The first-order valence-corrected chi connectivity index (χ1v) is 23.6. The monoisotopic (exact) mass is 899 g/mol. The lowest BCUT2D eigenvalue weighted by Gasteiger charge is -2.37. The van der Waals surface area contributed by atoms with Gasteiger partial charge in [-0.3, -0.25) is 34.0 Å². The molecule has 5 aliphatic heterocycles. The molecule has 2 aromatic carbocycles. The molecule has 6 bridgehead atoms. The first kappa shape index (κ1) is 46.7. The number of likely N-dealkylation sites (tertiary alicyclic amines) is 2. The molecule has 3 aromatic rings. The Hall–Kier alpha value is -5.78. The molecule has 14 nitrogen and oxygen atoms in total. The van der Waals surface area contributed by atoms with Gasteiger partial charge in [0.2, 0.25) is 11.8 Å². The van der Waals surface area contributed by atoms with Crippen LogP contribution in [0.3, 0.4) is 0 Å². The van der Waals surface area contributed by atoms with Gasteiger partial charge in [0.05, 0.1) is 23.8 Å². The number of nitrogens with zero attached hydrogens (tertiary/aromatic N) is 5. The number of aliphatic imine (C=N–C) groups is 1. The summed E-state index contributed by atoms with van der Waals surface area (Å²) in [5, 5.41) is 5.66. The molecule has 3 saturated heterocycles. The van der Waals surface area contributed by atoms with Crippen molar-refractivity contribution in [2.24, 2.45) is 28.8 Å². The molecule has 1 spiro atoms. The van der Waals surface area contributed by atoms with Crippen molar-refractivity contribution in [2.45, 2.75) is 117 Å². The summed E-state index contributed by atoms with van der Waals surface area (Å²) in [5.41, 5.74) is 10.1. The second-order valence-corrected chi connectivity index (χ2v) is 20.0. The molecule has 350 valence electrons. The normalized spacial score (nSPS) is 24.4. The Bertz CT molecular complexity index is 2560. The smallest absolute Gasteiger partial charge is 0.324 e. The zero-order valence-corrected chi connectivity index (χ0v) is 39.8. The van der Waals surface area contributed by atoms with E-state index >= 15 is 0 Å². The summed E-state index contributed by atoms with van der Waals surface area (Å²) >= 11 is 0. The van der Waals surface area contributed by atoms with Gasteiger partial charge in [-0.15, -0.1) is 0 Å². The molecule has 0 aliphatic carbocycles. The van der Waals surface area contributed by atoms with Crippen LogP contribution in [-0.2, 0) is 53.3 Å². The highest BCUT2D eigenvalue weighted by atomic mass is 16.5. The Morgan fingerprint density at radius 1 is 1.03 bits per heavy atom. The zero-order chi connectivity index (χ0) is 47.1. The minimum absolute atomic E-state index is 0.151.